The fraction of sp³-hybridized carbons (Fsp3) is 0.571. The summed E-state index contributed by atoms with van der Waals surface area (Å²) in [6, 6.07) is 7.20. The molecular formula is C21H35N5O4. The van der Waals surface area contributed by atoms with Crippen LogP contribution in [0, 0.1) is 5.92 Å². The van der Waals surface area contributed by atoms with Crippen molar-refractivity contribution in [2.75, 3.05) is 39.6 Å². The van der Waals surface area contributed by atoms with Gasteiger partial charge in [0.25, 0.3) is 0 Å². The van der Waals surface area contributed by atoms with Crippen LogP contribution in [0.2, 0.25) is 0 Å². The molecule has 0 radical (unpaired) electrons. The second-order valence-electron chi connectivity index (χ2n) is 7.13. The van der Waals surface area contributed by atoms with Gasteiger partial charge in [-0.3, -0.25) is 4.79 Å². The minimum atomic E-state index is -0.0346. The molecule has 0 aliphatic carbocycles. The van der Waals surface area contributed by atoms with Gasteiger partial charge in [0.05, 0.1) is 26.4 Å². The van der Waals surface area contributed by atoms with Gasteiger partial charge in [-0.15, -0.1) is 10.2 Å². The van der Waals surface area contributed by atoms with Gasteiger partial charge in [0.15, 0.2) is 5.84 Å². The summed E-state index contributed by atoms with van der Waals surface area (Å²) in [6.45, 7) is 9.04. The molecule has 5 N–H and O–H groups in total. The molecule has 0 aliphatic heterocycles. The predicted molar refractivity (Wildman–Crippen MR) is 119 cm³/mol. The molecule has 1 amide bonds. The van der Waals surface area contributed by atoms with Crippen LogP contribution in [0.1, 0.15) is 39.2 Å². The highest BCUT2D eigenvalue weighted by Gasteiger charge is 2.02. The van der Waals surface area contributed by atoms with E-state index in [4.69, 9.17) is 25.7 Å². The van der Waals surface area contributed by atoms with Crippen LogP contribution in [-0.4, -0.2) is 57.2 Å². The van der Waals surface area contributed by atoms with Crippen molar-refractivity contribution < 1.29 is 19.0 Å². The van der Waals surface area contributed by atoms with Gasteiger partial charge < -0.3 is 31.0 Å². The summed E-state index contributed by atoms with van der Waals surface area (Å²) in [4.78, 5) is 11.7. The third-order valence-corrected chi connectivity index (χ3v) is 3.67. The van der Waals surface area contributed by atoms with Crippen molar-refractivity contribution in [1.29, 1.82) is 0 Å². The van der Waals surface area contributed by atoms with Crippen molar-refractivity contribution in [2.24, 2.45) is 27.6 Å². The monoisotopic (exact) mass is 421 g/mol. The number of amidine groups is 2. The average Bonchev–Trinajstić information content (AvgIpc) is 2.71. The number of carbonyl (C=O) groups is 1. The average molecular weight is 422 g/mol. The minimum absolute atomic E-state index is 0.0346. The Morgan fingerprint density at radius 2 is 1.73 bits per heavy atom. The number of nitrogens with two attached hydrogens (primary N) is 2. The number of benzene rings is 1. The van der Waals surface area contributed by atoms with Crippen LogP contribution in [0.4, 0.5) is 0 Å². The summed E-state index contributed by atoms with van der Waals surface area (Å²) < 4.78 is 16.4. The van der Waals surface area contributed by atoms with Gasteiger partial charge in [0.1, 0.15) is 11.6 Å². The highest BCUT2D eigenvalue weighted by molar-refractivity contribution is 5.97. The fourth-order valence-corrected chi connectivity index (χ4v) is 2.19. The van der Waals surface area contributed by atoms with Gasteiger partial charge in [0.2, 0.25) is 5.91 Å². The Morgan fingerprint density at radius 1 is 1.03 bits per heavy atom. The lowest BCUT2D eigenvalue weighted by Crippen LogP contribution is -2.26. The summed E-state index contributed by atoms with van der Waals surface area (Å²) in [7, 11) is 0. The second-order valence-corrected chi connectivity index (χ2v) is 7.13. The molecule has 0 spiro atoms. The van der Waals surface area contributed by atoms with Crippen molar-refractivity contribution >= 4 is 17.6 Å². The largest absolute Gasteiger partial charge is 0.494 e. The molecule has 0 bridgehead atoms. The second kappa shape index (κ2) is 15.2. The molecular weight excluding hydrogens is 386 g/mol. The Morgan fingerprint density at radius 3 is 2.40 bits per heavy atom. The SMILES string of the molecule is C/C(N)=N/N=C(\N)c1ccc(OCCCNC(=O)CCOCCOCC(C)C)cc1. The predicted octanol–water partition coefficient (Wildman–Crippen LogP) is 1.65. The first-order valence-corrected chi connectivity index (χ1v) is 10.2. The van der Waals surface area contributed by atoms with Crippen molar-refractivity contribution in [1.82, 2.24) is 5.32 Å². The molecule has 168 valence electrons. The van der Waals surface area contributed by atoms with Crippen LogP contribution in [0.5, 0.6) is 5.75 Å². The molecule has 30 heavy (non-hydrogen) atoms. The Labute approximate surface area is 178 Å². The lowest BCUT2D eigenvalue weighted by atomic mass is 10.2. The smallest absolute Gasteiger partial charge is 0.222 e. The molecule has 1 aromatic carbocycles. The number of hydrogen-bond acceptors (Lipinski definition) is 6. The lowest BCUT2D eigenvalue weighted by Gasteiger charge is -2.09. The van der Waals surface area contributed by atoms with E-state index in [1.54, 1.807) is 31.2 Å². The topological polar surface area (TPSA) is 134 Å². The molecule has 0 fully saturated rings. The van der Waals surface area contributed by atoms with Gasteiger partial charge in [-0.25, -0.2) is 0 Å². The van der Waals surface area contributed by atoms with E-state index in [-0.39, 0.29) is 11.7 Å². The standard InChI is InChI=1S/C21H35N5O4/c1-16(2)15-29-14-13-28-12-9-20(27)24-10-4-11-30-19-7-5-18(6-8-19)21(23)26-25-17(3)22/h5-8,16H,4,9-15H2,1-3H3,(H2,22,25)(H2,23,26)(H,24,27). The number of nitrogens with zero attached hydrogens (tertiary/aromatic N) is 2. The van der Waals surface area contributed by atoms with E-state index >= 15 is 0 Å². The third-order valence-electron chi connectivity index (χ3n) is 3.67. The zero-order valence-electron chi connectivity index (χ0n) is 18.2. The normalized spacial score (nSPS) is 12.3. The number of nitrogens with one attached hydrogen (secondary N) is 1. The summed E-state index contributed by atoms with van der Waals surface area (Å²) >= 11 is 0. The maximum atomic E-state index is 11.7. The zero-order valence-corrected chi connectivity index (χ0v) is 18.2. The van der Waals surface area contributed by atoms with E-state index < -0.39 is 0 Å². The molecule has 1 rings (SSSR count). The molecule has 9 heteroatoms. The summed E-state index contributed by atoms with van der Waals surface area (Å²) in [5, 5.41) is 10.4. The first kappa shape index (κ1) is 25.4. The number of rotatable bonds is 15. The number of carbonyl (C=O) groups excluding carboxylic acids is 1. The van der Waals surface area contributed by atoms with Crippen molar-refractivity contribution in [3.63, 3.8) is 0 Å². The lowest BCUT2D eigenvalue weighted by molar-refractivity contribution is -0.122. The van der Waals surface area contributed by atoms with Gasteiger partial charge in [-0.1, -0.05) is 13.8 Å². The molecule has 0 aliphatic rings. The highest BCUT2D eigenvalue weighted by atomic mass is 16.5. The Bertz CT molecular complexity index is 670. The molecule has 0 saturated heterocycles. The Kier molecular flexibility index (Phi) is 12.9. The van der Waals surface area contributed by atoms with E-state index in [0.29, 0.717) is 63.3 Å². The first-order valence-electron chi connectivity index (χ1n) is 10.2. The molecule has 9 nitrogen and oxygen atoms in total. The van der Waals surface area contributed by atoms with Crippen molar-refractivity contribution in [3.05, 3.63) is 29.8 Å². The fourth-order valence-electron chi connectivity index (χ4n) is 2.19. The summed E-state index contributed by atoms with van der Waals surface area (Å²) in [5.74, 6) is 1.81. The molecule has 0 atom stereocenters. The zero-order chi connectivity index (χ0) is 22.2. The van der Waals surface area contributed by atoms with Gasteiger partial charge in [0, 0.05) is 25.1 Å². The molecule has 0 aromatic heterocycles. The number of amides is 1. The van der Waals surface area contributed by atoms with Gasteiger partial charge in [-0.2, -0.15) is 0 Å². The van der Waals surface area contributed by atoms with Gasteiger partial charge >= 0.3 is 0 Å². The Balaban J connectivity index is 2.10. The molecule has 1 aromatic rings. The maximum Gasteiger partial charge on any atom is 0.222 e. The number of ether oxygens (including phenoxy) is 3. The van der Waals surface area contributed by atoms with Crippen LogP contribution in [0.25, 0.3) is 0 Å². The summed E-state index contributed by atoms with van der Waals surface area (Å²) in [6.07, 6.45) is 1.04. The molecule has 0 saturated carbocycles. The summed E-state index contributed by atoms with van der Waals surface area (Å²) in [5.41, 5.74) is 12.0. The van der Waals surface area contributed by atoms with E-state index in [0.717, 1.165) is 12.2 Å². The third kappa shape index (κ3) is 12.7. The van der Waals surface area contributed by atoms with E-state index in [2.05, 4.69) is 29.4 Å². The maximum absolute atomic E-state index is 11.7. The van der Waals surface area contributed by atoms with Gasteiger partial charge in [-0.05, 0) is 43.5 Å². The molecule has 0 heterocycles. The highest BCUT2D eigenvalue weighted by Crippen LogP contribution is 2.12. The van der Waals surface area contributed by atoms with Crippen LogP contribution in [-0.2, 0) is 14.3 Å². The van der Waals surface area contributed by atoms with Crippen LogP contribution >= 0.6 is 0 Å². The molecule has 0 unspecified atom stereocenters. The Hall–Kier alpha value is -2.65. The first-order chi connectivity index (χ1) is 14.4. The van der Waals surface area contributed by atoms with Crippen LogP contribution in [0.3, 0.4) is 0 Å². The number of hydrogen-bond donors (Lipinski definition) is 3. The van der Waals surface area contributed by atoms with Crippen LogP contribution in [0.15, 0.2) is 34.5 Å². The quantitative estimate of drug-likeness (QED) is 0.171. The minimum Gasteiger partial charge on any atom is -0.494 e. The van der Waals surface area contributed by atoms with E-state index in [1.807, 2.05) is 0 Å². The van der Waals surface area contributed by atoms with Crippen molar-refractivity contribution in [3.8, 4) is 5.75 Å². The van der Waals surface area contributed by atoms with E-state index in [9.17, 15) is 4.79 Å². The van der Waals surface area contributed by atoms with Crippen molar-refractivity contribution in [2.45, 2.75) is 33.6 Å². The van der Waals surface area contributed by atoms with Crippen LogP contribution < -0.4 is 21.5 Å². The van der Waals surface area contributed by atoms with E-state index in [1.165, 1.54) is 0 Å².